The molecule has 2 unspecified atom stereocenters. The lowest BCUT2D eigenvalue weighted by atomic mass is 9.77. The number of ketones is 1. The highest BCUT2D eigenvalue weighted by Gasteiger charge is 2.29. The molecule has 1 aliphatic heterocycles. The second-order valence-corrected chi connectivity index (χ2v) is 9.63. The first-order chi connectivity index (χ1) is 17.5. The number of unbranched alkanes of at least 4 members (excludes halogenated alkanes) is 2. The van der Waals surface area contributed by atoms with Crippen LogP contribution in [0, 0.1) is 5.92 Å². The maximum atomic E-state index is 13.2. The Bertz CT molecular complexity index is 1060. The molecule has 1 saturated heterocycles. The van der Waals surface area contributed by atoms with Gasteiger partial charge in [0.15, 0.2) is 5.78 Å². The average molecular weight is 492 g/mol. The molecule has 36 heavy (non-hydrogen) atoms. The molecule has 2 atom stereocenters. The summed E-state index contributed by atoms with van der Waals surface area (Å²) in [6.45, 7) is 5.56. The first-order valence-electron chi connectivity index (χ1n) is 13.1. The number of rotatable bonds is 10. The molecule has 0 saturated carbocycles. The number of benzene rings is 2. The van der Waals surface area contributed by atoms with Gasteiger partial charge in [0, 0.05) is 17.2 Å². The molecule has 4 rings (SSSR count). The Balaban J connectivity index is 1.38. The summed E-state index contributed by atoms with van der Waals surface area (Å²) in [5.41, 5.74) is 10.9. The molecule has 2 aliphatic rings. The first kappa shape index (κ1) is 26.0. The van der Waals surface area contributed by atoms with Crippen molar-refractivity contribution < 1.29 is 19.1 Å². The molecule has 1 heterocycles. The van der Waals surface area contributed by atoms with Gasteiger partial charge in [0.25, 0.3) is 0 Å². The molecular weight excluding hydrogens is 454 g/mol. The van der Waals surface area contributed by atoms with Gasteiger partial charge in [0.05, 0.1) is 45.5 Å². The van der Waals surface area contributed by atoms with Gasteiger partial charge >= 0.3 is 5.97 Å². The van der Waals surface area contributed by atoms with Crippen molar-refractivity contribution in [1.29, 1.82) is 0 Å². The summed E-state index contributed by atoms with van der Waals surface area (Å²) in [4.78, 5) is 25.5. The third-order valence-corrected chi connectivity index (χ3v) is 7.03. The van der Waals surface area contributed by atoms with Crippen molar-refractivity contribution in [3.8, 4) is 0 Å². The maximum absolute atomic E-state index is 13.2. The summed E-state index contributed by atoms with van der Waals surface area (Å²) in [5.74, 6) is -0.204. The molecular formula is C29H37N3O4. The van der Waals surface area contributed by atoms with Gasteiger partial charge < -0.3 is 15.2 Å². The fraction of sp³-hybridized carbons (Fsp3) is 0.483. The van der Waals surface area contributed by atoms with Crippen LogP contribution < -0.4 is 5.73 Å². The number of aryl methyl sites for hydroxylation is 1. The topological polar surface area (TPSA) is 94.2 Å². The molecule has 2 aromatic rings. The summed E-state index contributed by atoms with van der Waals surface area (Å²) in [6, 6.07) is 13.0. The van der Waals surface area contributed by atoms with Crippen LogP contribution >= 0.6 is 0 Å². The second kappa shape index (κ2) is 12.8. The number of morpholine rings is 1. The van der Waals surface area contributed by atoms with Gasteiger partial charge in [-0.1, -0.05) is 56.2 Å². The molecule has 0 radical (unpaired) electrons. The largest absolute Gasteiger partial charge is 0.466 e. The Labute approximate surface area is 213 Å². The van der Waals surface area contributed by atoms with E-state index in [1.165, 1.54) is 0 Å². The van der Waals surface area contributed by atoms with Crippen molar-refractivity contribution in [3.63, 3.8) is 0 Å². The number of ether oxygens (including phenoxy) is 2. The molecule has 0 amide bonds. The maximum Gasteiger partial charge on any atom is 0.306 e. The Morgan fingerprint density at radius 2 is 1.86 bits per heavy atom. The number of carbonyl (C=O) groups is 2. The van der Waals surface area contributed by atoms with Gasteiger partial charge in [-0.05, 0) is 47.9 Å². The van der Waals surface area contributed by atoms with Crippen LogP contribution in [0.3, 0.4) is 0 Å². The van der Waals surface area contributed by atoms with Crippen LogP contribution in [-0.2, 0) is 20.7 Å². The highest BCUT2D eigenvalue weighted by Crippen LogP contribution is 2.35. The zero-order chi connectivity index (χ0) is 25.3. The molecule has 192 valence electrons. The fourth-order valence-corrected chi connectivity index (χ4v) is 4.79. The number of carbonyl (C=O) groups excluding carboxylic acids is 2. The highest BCUT2D eigenvalue weighted by atomic mass is 16.5. The molecule has 0 bridgehead atoms. The molecule has 2 N–H and O–H groups in total. The number of hydrogen-bond donors (Lipinski definition) is 1. The lowest BCUT2D eigenvalue weighted by Crippen LogP contribution is -2.32. The van der Waals surface area contributed by atoms with Crippen molar-refractivity contribution in [2.75, 3.05) is 32.9 Å². The van der Waals surface area contributed by atoms with Crippen LogP contribution in [0.15, 0.2) is 47.6 Å². The predicted octanol–water partition coefficient (Wildman–Crippen LogP) is 4.27. The van der Waals surface area contributed by atoms with Gasteiger partial charge in [-0.15, -0.1) is 0 Å². The molecule has 1 fully saturated rings. The van der Waals surface area contributed by atoms with Crippen LogP contribution in [0.5, 0.6) is 0 Å². The molecule has 7 heteroatoms. The number of hydrazone groups is 1. The number of esters is 1. The minimum absolute atomic E-state index is 0.0200. The average Bonchev–Trinajstić information content (AvgIpc) is 2.92. The van der Waals surface area contributed by atoms with E-state index in [9.17, 15) is 9.59 Å². The molecule has 0 spiro atoms. The Hall–Kier alpha value is -3.03. The second-order valence-electron chi connectivity index (χ2n) is 9.63. The molecule has 2 aromatic carbocycles. The third kappa shape index (κ3) is 6.80. The van der Waals surface area contributed by atoms with Gasteiger partial charge in [0.1, 0.15) is 0 Å². The molecule has 7 nitrogen and oxygen atoms in total. The Kier molecular flexibility index (Phi) is 9.25. The summed E-state index contributed by atoms with van der Waals surface area (Å²) in [5, 5.41) is 6.48. The molecule has 0 aromatic heterocycles. The fourth-order valence-electron chi connectivity index (χ4n) is 4.79. The van der Waals surface area contributed by atoms with E-state index in [4.69, 9.17) is 15.2 Å². The highest BCUT2D eigenvalue weighted by molar-refractivity contribution is 6.09. The summed E-state index contributed by atoms with van der Waals surface area (Å²) >= 11 is 0. The third-order valence-electron chi connectivity index (χ3n) is 7.03. The number of nitrogens with two attached hydrogens (primary N) is 1. The first-order valence-corrected chi connectivity index (χ1v) is 13.1. The van der Waals surface area contributed by atoms with Crippen LogP contribution in [-0.4, -0.2) is 55.9 Å². The van der Waals surface area contributed by atoms with Gasteiger partial charge in [-0.2, -0.15) is 5.10 Å². The number of hydrogen-bond acceptors (Lipinski definition) is 7. The van der Waals surface area contributed by atoms with E-state index in [1.54, 1.807) is 0 Å². The van der Waals surface area contributed by atoms with E-state index >= 15 is 0 Å². The van der Waals surface area contributed by atoms with Gasteiger partial charge in [-0.25, -0.2) is 0 Å². The van der Waals surface area contributed by atoms with Crippen molar-refractivity contribution >= 4 is 18.0 Å². The zero-order valence-electron chi connectivity index (χ0n) is 21.2. The van der Waals surface area contributed by atoms with Crippen molar-refractivity contribution in [1.82, 2.24) is 5.01 Å². The lowest BCUT2D eigenvalue weighted by molar-refractivity contribution is -0.145. The zero-order valence-corrected chi connectivity index (χ0v) is 21.2. The summed E-state index contributed by atoms with van der Waals surface area (Å²) in [7, 11) is 0. The van der Waals surface area contributed by atoms with E-state index in [-0.39, 0.29) is 23.7 Å². The number of nitrogens with zero attached hydrogens (tertiary/aromatic N) is 2. The SMILES string of the molecule is CCCCCOC(=O)CC1CCc2ccc(C(=O)c3ccc(C=NN4CCOCC4)cc3)cc2C1N. The molecule has 1 aliphatic carbocycles. The van der Waals surface area contributed by atoms with E-state index in [2.05, 4.69) is 12.0 Å². The lowest BCUT2D eigenvalue weighted by Gasteiger charge is -2.31. The van der Waals surface area contributed by atoms with E-state index in [0.717, 1.165) is 61.9 Å². The standard InChI is InChI=1S/C29H37N3O4/c1-2-3-4-15-36-27(33)19-24-11-9-22-10-12-25(18-26(22)28(24)30)29(34)23-7-5-21(6-8-23)20-31-32-13-16-35-17-14-32/h5-8,10,12,18,20,24,28H,2-4,9,11,13-17,19,30H2,1H3. The van der Waals surface area contributed by atoms with Crippen molar-refractivity contribution in [2.45, 2.75) is 51.5 Å². The minimum Gasteiger partial charge on any atom is -0.466 e. The number of fused-ring (bicyclic) bond motifs is 1. The van der Waals surface area contributed by atoms with Gasteiger partial charge in [-0.3, -0.25) is 14.6 Å². The van der Waals surface area contributed by atoms with Crippen LogP contribution in [0.4, 0.5) is 0 Å². The Morgan fingerprint density at radius 3 is 2.61 bits per heavy atom. The van der Waals surface area contributed by atoms with Crippen LogP contribution in [0.1, 0.15) is 77.7 Å². The predicted molar refractivity (Wildman–Crippen MR) is 140 cm³/mol. The van der Waals surface area contributed by atoms with E-state index in [0.29, 0.717) is 37.4 Å². The summed E-state index contributed by atoms with van der Waals surface area (Å²) < 4.78 is 10.7. The van der Waals surface area contributed by atoms with Crippen LogP contribution in [0.25, 0.3) is 0 Å². The van der Waals surface area contributed by atoms with Crippen molar-refractivity contribution in [3.05, 3.63) is 70.3 Å². The van der Waals surface area contributed by atoms with E-state index in [1.807, 2.05) is 53.7 Å². The van der Waals surface area contributed by atoms with Crippen molar-refractivity contribution in [2.24, 2.45) is 16.8 Å². The normalized spacial score (nSPS) is 19.8. The van der Waals surface area contributed by atoms with E-state index < -0.39 is 0 Å². The quantitative estimate of drug-likeness (QED) is 0.231. The van der Waals surface area contributed by atoms with Gasteiger partial charge in [0.2, 0.25) is 0 Å². The summed E-state index contributed by atoms with van der Waals surface area (Å²) in [6.07, 6.45) is 6.88. The van der Waals surface area contributed by atoms with Crippen LogP contribution in [0.2, 0.25) is 0 Å². The Morgan fingerprint density at radius 1 is 1.11 bits per heavy atom. The minimum atomic E-state index is -0.288. The monoisotopic (exact) mass is 491 g/mol. The smallest absolute Gasteiger partial charge is 0.306 e.